The van der Waals surface area contributed by atoms with E-state index in [0.29, 0.717) is 13.0 Å². The van der Waals surface area contributed by atoms with Crippen LogP contribution in [0.4, 0.5) is 0 Å². The third kappa shape index (κ3) is 4.35. The van der Waals surface area contributed by atoms with E-state index < -0.39 is 0 Å². The summed E-state index contributed by atoms with van der Waals surface area (Å²) in [5, 5.41) is 9.98. The molecule has 0 bridgehead atoms. The topological polar surface area (TPSA) is 53.0 Å². The highest BCUT2D eigenvalue weighted by Gasteiger charge is 2.49. The Morgan fingerprint density at radius 1 is 1.26 bits per heavy atom. The van der Waals surface area contributed by atoms with Crippen molar-refractivity contribution in [1.29, 1.82) is 0 Å². The zero-order valence-corrected chi connectivity index (χ0v) is 16.4. The number of benzene rings is 1. The molecule has 0 radical (unpaired) electrons. The van der Waals surface area contributed by atoms with Gasteiger partial charge in [-0.3, -0.25) is 9.69 Å². The van der Waals surface area contributed by atoms with Crippen molar-refractivity contribution in [3.05, 3.63) is 35.4 Å². The number of amides is 1. The third-order valence-corrected chi connectivity index (χ3v) is 5.77. The Morgan fingerprint density at radius 3 is 2.67 bits per heavy atom. The van der Waals surface area contributed by atoms with Crippen LogP contribution in [0.5, 0.6) is 0 Å². The second kappa shape index (κ2) is 9.36. The quantitative estimate of drug-likeness (QED) is 0.822. The Bertz CT molecular complexity index is 692. The van der Waals surface area contributed by atoms with Crippen molar-refractivity contribution in [3.8, 4) is 11.8 Å². The van der Waals surface area contributed by atoms with Gasteiger partial charge in [-0.2, -0.15) is 0 Å². The minimum absolute atomic E-state index is 0.136. The molecule has 1 aromatic rings. The molecule has 2 saturated heterocycles. The lowest BCUT2D eigenvalue weighted by molar-refractivity contribution is -0.136. The van der Waals surface area contributed by atoms with Gasteiger partial charge in [-0.15, -0.1) is 0 Å². The summed E-state index contributed by atoms with van der Waals surface area (Å²) >= 11 is 0. The van der Waals surface area contributed by atoms with E-state index in [1.165, 1.54) is 5.56 Å². The van der Waals surface area contributed by atoms with Gasteiger partial charge in [-0.05, 0) is 37.1 Å². The number of hydrogen-bond donors (Lipinski definition) is 1. The summed E-state index contributed by atoms with van der Waals surface area (Å²) in [5.74, 6) is 6.54. The van der Waals surface area contributed by atoms with Gasteiger partial charge < -0.3 is 14.7 Å². The molecule has 2 aliphatic rings. The average molecular weight is 370 g/mol. The maximum absolute atomic E-state index is 12.3. The van der Waals surface area contributed by atoms with Crippen LogP contribution in [0.15, 0.2) is 24.3 Å². The molecule has 0 aliphatic carbocycles. The molecule has 3 atom stereocenters. The zero-order chi connectivity index (χ0) is 19.2. The summed E-state index contributed by atoms with van der Waals surface area (Å²) in [6, 6.07) is 8.72. The molecule has 1 aromatic carbocycles. The normalized spacial score (nSPS) is 25.4. The lowest BCUT2D eigenvalue weighted by Gasteiger charge is -2.57. The summed E-state index contributed by atoms with van der Waals surface area (Å²) in [5.41, 5.74) is 2.19. The maximum atomic E-state index is 12.3. The number of aliphatic hydroxyl groups excluding tert-OH is 1. The highest BCUT2D eigenvalue weighted by Crippen LogP contribution is 2.41. The zero-order valence-electron chi connectivity index (χ0n) is 16.4. The number of carbonyl (C=O) groups excluding carboxylic acids is 1. The third-order valence-electron chi connectivity index (χ3n) is 5.77. The lowest BCUT2D eigenvalue weighted by atomic mass is 9.74. The molecule has 146 valence electrons. The number of methoxy groups -OCH3 is 1. The summed E-state index contributed by atoms with van der Waals surface area (Å²) in [7, 11) is 1.64. The minimum atomic E-state index is 0.136. The number of rotatable bonds is 4. The molecule has 27 heavy (non-hydrogen) atoms. The van der Waals surface area contributed by atoms with Gasteiger partial charge in [0.05, 0.1) is 6.61 Å². The van der Waals surface area contributed by atoms with Gasteiger partial charge >= 0.3 is 0 Å². The van der Waals surface area contributed by atoms with E-state index in [4.69, 9.17) is 4.74 Å². The van der Waals surface area contributed by atoms with Crippen molar-refractivity contribution < 1.29 is 14.6 Å². The highest BCUT2D eigenvalue weighted by molar-refractivity contribution is 5.75. The van der Waals surface area contributed by atoms with Gasteiger partial charge in [-0.25, -0.2) is 0 Å². The van der Waals surface area contributed by atoms with Crippen molar-refractivity contribution in [1.82, 2.24) is 9.80 Å². The Hall–Kier alpha value is -1.87. The van der Waals surface area contributed by atoms with Crippen LogP contribution in [0.2, 0.25) is 0 Å². The lowest BCUT2D eigenvalue weighted by Crippen LogP contribution is -2.67. The number of hydrogen-bond acceptors (Lipinski definition) is 4. The van der Waals surface area contributed by atoms with Crippen molar-refractivity contribution in [2.45, 2.75) is 44.2 Å². The molecule has 0 aromatic heterocycles. The van der Waals surface area contributed by atoms with Crippen molar-refractivity contribution >= 4 is 5.91 Å². The van der Waals surface area contributed by atoms with Crippen molar-refractivity contribution in [2.24, 2.45) is 0 Å². The first-order chi connectivity index (χ1) is 13.2. The summed E-state index contributed by atoms with van der Waals surface area (Å²) in [4.78, 5) is 16.7. The SMILES string of the molecule is CCC(=O)N1CCCCN2[C@H](CO)[C@@H](c3ccc(C#CCOC)cc3)[C@@H]2C1. The molecule has 5 heteroatoms. The molecule has 0 spiro atoms. The smallest absolute Gasteiger partial charge is 0.222 e. The molecule has 0 unspecified atom stereocenters. The number of nitrogens with zero attached hydrogens (tertiary/aromatic N) is 2. The van der Waals surface area contributed by atoms with Gasteiger partial charge in [0.1, 0.15) is 6.61 Å². The van der Waals surface area contributed by atoms with Gasteiger partial charge in [0.2, 0.25) is 5.91 Å². The second-order valence-electron chi connectivity index (χ2n) is 7.34. The van der Waals surface area contributed by atoms with E-state index in [1.54, 1.807) is 7.11 Å². The molecule has 2 aliphatic heterocycles. The van der Waals surface area contributed by atoms with Crippen LogP contribution < -0.4 is 0 Å². The maximum Gasteiger partial charge on any atom is 0.222 e. The first kappa shape index (κ1) is 19.9. The molecular weight excluding hydrogens is 340 g/mol. The Morgan fingerprint density at radius 2 is 2.00 bits per heavy atom. The van der Waals surface area contributed by atoms with E-state index in [9.17, 15) is 9.90 Å². The van der Waals surface area contributed by atoms with E-state index in [1.807, 2.05) is 24.0 Å². The molecule has 2 fully saturated rings. The Kier molecular flexibility index (Phi) is 6.89. The molecule has 2 heterocycles. The first-order valence-corrected chi connectivity index (χ1v) is 9.91. The largest absolute Gasteiger partial charge is 0.395 e. The van der Waals surface area contributed by atoms with E-state index in [2.05, 4.69) is 28.9 Å². The summed E-state index contributed by atoms with van der Waals surface area (Å²) < 4.78 is 4.96. The average Bonchev–Trinajstić information content (AvgIpc) is 2.67. The Balaban J connectivity index is 1.78. The van der Waals surface area contributed by atoms with Crippen molar-refractivity contribution in [3.63, 3.8) is 0 Å². The summed E-state index contributed by atoms with van der Waals surface area (Å²) in [6.45, 7) is 5.11. The highest BCUT2D eigenvalue weighted by atomic mass is 16.5. The second-order valence-corrected chi connectivity index (χ2v) is 7.34. The van der Waals surface area contributed by atoms with Gasteiger partial charge in [0.25, 0.3) is 0 Å². The predicted molar refractivity (Wildman–Crippen MR) is 105 cm³/mol. The Labute approximate surface area is 162 Å². The van der Waals surface area contributed by atoms with E-state index in [-0.39, 0.29) is 30.5 Å². The van der Waals surface area contributed by atoms with Gasteiger partial charge in [-0.1, -0.05) is 30.9 Å². The molecule has 1 amide bonds. The van der Waals surface area contributed by atoms with Crippen LogP contribution in [-0.4, -0.2) is 72.9 Å². The molecule has 1 N–H and O–H groups in total. The number of ether oxygens (including phenoxy) is 1. The fourth-order valence-electron chi connectivity index (χ4n) is 4.39. The van der Waals surface area contributed by atoms with E-state index >= 15 is 0 Å². The fraction of sp³-hybridized carbons (Fsp3) is 0.591. The molecule has 0 saturated carbocycles. The van der Waals surface area contributed by atoms with Gasteiger partial charge in [0.15, 0.2) is 0 Å². The van der Waals surface area contributed by atoms with E-state index in [0.717, 1.165) is 38.0 Å². The van der Waals surface area contributed by atoms with Crippen molar-refractivity contribution in [2.75, 3.05) is 40.0 Å². The van der Waals surface area contributed by atoms with Crippen LogP contribution in [0, 0.1) is 11.8 Å². The van der Waals surface area contributed by atoms with Gasteiger partial charge in [0, 0.05) is 50.2 Å². The number of fused-ring (bicyclic) bond motifs is 1. The fourth-order valence-corrected chi connectivity index (χ4v) is 4.39. The predicted octanol–water partition coefficient (Wildman–Crippen LogP) is 1.85. The van der Waals surface area contributed by atoms with Crippen LogP contribution >= 0.6 is 0 Å². The molecular formula is C22H30N2O3. The molecule has 3 rings (SSSR count). The minimum Gasteiger partial charge on any atom is -0.395 e. The number of aliphatic hydroxyl groups is 1. The standard InChI is InChI=1S/C22H30N2O3/c1-3-21(26)23-12-4-5-13-24-19(15-23)22(20(24)16-25)18-10-8-17(9-11-18)7-6-14-27-2/h8-11,19-20,22,25H,3-5,12-16H2,1-2H3/t19-,20+,22-/m0/s1. The first-order valence-electron chi connectivity index (χ1n) is 9.91. The van der Waals surface area contributed by atoms with Crippen LogP contribution in [0.25, 0.3) is 0 Å². The molecule has 5 nitrogen and oxygen atoms in total. The summed E-state index contributed by atoms with van der Waals surface area (Å²) in [6.07, 6.45) is 2.66. The monoisotopic (exact) mass is 370 g/mol. The van der Waals surface area contributed by atoms with Crippen LogP contribution in [0.3, 0.4) is 0 Å². The number of carbonyl (C=O) groups is 1. The van der Waals surface area contributed by atoms with Crippen LogP contribution in [0.1, 0.15) is 43.2 Å². The van der Waals surface area contributed by atoms with Crippen LogP contribution in [-0.2, 0) is 9.53 Å².